The molecule has 5 nitrogen and oxygen atoms in total. The maximum Gasteiger partial charge on any atom is 0.225 e. The van der Waals surface area contributed by atoms with E-state index in [1.807, 2.05) is 6.92 Å². The molecule has 1 aromatic rings. The molecule has 1 aliphatic rings. The Morgan fingerprint density at radius 3 is 2.94 bits per heavy atom. The molecule has 0 aromatic carbocycles. The van der Waals surface area contributed by atoms with Crippen molar-refractivity contribution in [3.05, 3.63) is 17.8 Å². The molecule has 2 heterocycles. The third-order valence-electron chi connectivity index (χ3n) is 3.06. The number of amides is 1. The zero-order valence-corrected chi connectivity index (χ0v) is 10.2. The number of aromatic nitrogens is 1. The summed E-state index contributed by atoms with van der Waals surface area (Å²) in [5.74, 6) is 0.261. The predicted octanol–water partition coefficient (Wildman–Crippen LogP) is 0.954. The largest absolute Gasteiger partial charge is 0.481 e. The quantitative estimate of drug-likeness (QED) is 0.788. The highest BCUT2D eigenvalue weighted by atomic mass is 16.5. The van der Waals surface area contributed by atoms with Gasteiger partial charge >= 0.3 is 0 Å². The minimum atomic E-state index is -0.785. The molecule has 1 aromatic heterocycles. The molecule has 0 radical (unpaired) electrons. The Bertz CT molecular complexity index is 447. The van der Waals surface area contributed by atoms with Crippen LogP contribution < -0.4 is 9.64 Å². The molecule has 2 rings (SSSR count). The van der Waals surface area contributed by atoms with Gasteiger partial charge in [-0.15, -0.1) is 0 Å². The molecule has 0 spiro atoms. The van der Waals surface area contributed by atoms with Crippen molar-refractivity contribution < 1.29 is 14.6 Å². The van der Waals surface area contributed by atoms with E-state index >= 15 is 0 Å². The zero-order valence-electron chi connectivity index (χ0n) is 10.2. The second-order valence-electron chi connectivity index (χ2n) is 4.34. The molecule has 1 amide bonds. The van der Waals surface area contributed by atoms with Crippen molar-refractivity contribution in [2.75, 3.05) is 12.0 Å². The average molecular weight is 236 g/mol. The Morgan fingerprint density at radius 1 is 1.65 bits per heavy atom. The van der Waals surface area contributed by atoms with E-state index in [0.29, 0.717) is 18.0 Å². The van der Waals surface area contributed by atoms with Gasteiger partial charge in [0.25, 0.3) is 0 Å². The van der Waals surface area contributed by atoms with E-state index in [1.165, 1.54) is 18.9 Å². The standard InChI is InChI=1S/C12H16N2O3/c1-7-4-9-6-13-11(17-3)5-10(9)14(8(2)15)12(7)16/h5-7,12,16H,4H2,1-3H3/t7?,12-/m0/s1. The molecule has 1 N–H and O–H groups in total. The van der Waals surface area contributed by atoms with Gasteiger partial charge in [0.1, 0.15) is 6.23 Å². The number of anilines is 1. The summed E-state index contributed by atoms with van der Waals surface area (Å²) in [6, 6.07) is 1.69. The van der Waals surface area contributed by atoms with E-state index in [9.17, 15) is 9.90 Å². The van der Waals surface area contributed by atoms with E-state index in [-0.39, 0.29) is 11.8 Å². The first-order chi connectivity index (χ1) is 8.04. The molecule has 1 aliphatic heterocycles. The van der Waals surface area contributed by atoms with Crippen LogP contribution in [0.3, 0.4) is 0 Å². The first-order valence-electron chi connectivity index (χ1n) is 5.55. The number of carbonyl (C=O) groups is 1. The van der Waals surface area contributed by atoms with Crippen molar-refractivity contribution in [3.63, 3.8) is 0 Å². The highest BCUT2D eigenvalue weighted by Crippen LogP contribution is 2.34. The zero-order chi connectivity index (χ0) is 12.6. The van der Waals surface area contributed by atoms with Crippen molar-refractivity contribution >= 4 is 11.6 Å². The van der Waals surface area contributed by atoms with Gasteiger partial charge < -0.3 is 9.84 Å². The number of carbonyl (C=O) groups excluding carboxylic acids is 1. The molecule has 0 aliphatic carbocycles. The Kier molecular flexibility index (Phi) is 3.02. The molecule has 0 bridgehead atoms. The van der Waals surface area contributed by atoms with Crippen molar-refractivity contribution in [3.8, 4) is 5.88 Å². The number of pyridine rings is 1. The molecule has 5 heteroatoms. The summed E-state index contributed by atoms with van der Waals surface area (Å²) in [7, 11) is 1.52. The van der Waals surface area contributed by atoms with Crippen molar-refractivity contribution in [1.29, 1.82) is 0 Å². The lowest BCUT2D eigenvalue weighted by Crippen LogP contribution is -2.47. The van der Waals surface area contributed by atoms with Gasteiger partial charge in [-0.25, -0.2) is 4.98 Å². The third-order valence-corrected chi connectivity index (χ3v) is 3.06. The SMILES string of the molecule is COc1cc2c(cn1)CC(C)[C@H](O)N2C(C)=O. The molecule has 17 heavy (non-hydrogen) atoms. The number of ether oxygens (including phenoxy) is 1. The van der Waals surface area contributed by atoms with E-state index in [2.05, 4.69) is 4.98 Å². The van der Waals surface area contributed by atoms with Gasteiger partial charge in [-0.1, -0.05) is 6.92 Å². The molecule has 0 fully saturated rings. The lowest BCUT2D eigenvalue weighted by Gasteiger charge is -2.37. The summed E-state index contributed by atoms with van der Waals surface area (Å²) in [5, 5.41) is 10.1. The Balaban J connectivity index is 2.51. The minimum absolute atomic E-state index is 0.00148. The summed E-state index contributed by atoms with van der Waals surface area (Å²) in [6.45, 7) is 3.35. The smallest absolute Gasteiger partial charge is 0.225 e. The lowest BCUT2D eigenvalue weighted by atomic mass is 9.93. The van der Waals surface area contributed by atoms with E-state index in [1.54, 1.807) is 12.3 Å². The first kappa shape index (κ1) is 11.9. The van der Waals surface area contributed by atoms with Crippen LogP contribution in [0.5, 0.6) is 5.88 Å². The molecule has 92 valence electrons. The minimum Gasteiger partial charge on any atom is -0.481 e. The summed E-state index contributed by atoms with van der Waals surface area (Å²) in [6.07, 6.45) is 1.62. The number of methoxy groups -OCH3 is 1. The Hall–Kier alpha value is -1.62. The summed E-state index contributed by atoms with van der Waals surface area (Å²) < 4.78 is 5.04. The number of nitrogens with zero attached hydrogens (tertiary/aromatic N) is 2. The normalized spacial score (nSPS) is 23.2. The van der Waals surface area contributed by atoms with E-state index in [4.69, 9.17) is 4.74 Å². The van der Waals surface area contributed by atoms with Gasteiger partial charge in [0, 0.05) is 25.1 Å². The summed E-state index contributed by atoms with van der Waals surface area (Å²) >= 11 is 0. The van der Waals surface area contributed by atoms with E-state index < -0.39 is 6.23 Å². The highest BCUT2D eigenvalue weighted by Gasteiger charge is 2.33. The van der Waals surface area contributed by atoms with Crippen LogP contribution in [0.25, 0.3) is 0 Å². The van der Waals surface area contributed by atoms with Crippen LogP contribution in [0, 0.1) is 5.92 Å². The second kappa shape index (κ2) is 4.33. The van der Waals surface area contributed by atoms with Gasteiger partial charge in [-0.3, -0.25) is 9.69 Å². The number of aliphatic hydroxyl groups excluding tert-OH is 1. The fourth-order valence-electron chi connectivity index (χ4n) is 2.15. The van der Waals surface area contributed by atoms with Gasteiger partial charge in [0.05, 0.1) is 12.8 Å². The lowest BCUT2D eigenvalue weighted by molar-refractivity contribution is -0.119. The highest BCUT2D eigenvalue weighted by molar-refractivity contribution is 5.93. The maximum absolute atomic E-state index is 11.6. The monoisotopic (exact) mass is 236 g/mol. The summed E-state index contributed by atoms with van der Waals surface area (Å²) in [5.41, 5.74) is 1.65. The van der Waals surface area contributed by atoms with Crippen LogP contribution in [0.2, 0.25) is 0 Å². The van der Waals surface area contributed by atoms with Crippen molar-refractivity contribution in [2.45, 2.75) is 26.5 Å². The molecule has 2 atom stereocenters. The number of fused-ring (bicyclic) bond motifs is 1. The Morgan fingerprint density at radius 2 is 2.35 bits per heavy atom. The maximum atomic E-state index is 11.6. The van der Waals surface area contributed by atoms with Crippen LogP contribution in [0.1, 0.15) is 19.4 Å². The number of hydrogen-bond acceptors (Lipinski definition) is 4. The number of hydrogen-bond donors (Lipinski definition) is 1. The topological polar surface area (TPSA) is 62.7 Å². The predicted molar refractivity (Wildman–Crippen MR) is 62.8 cm³/mol. The van der Waals surface area contributed by atoms with Gasteiger partial charge in [0.15, 0.2) is 0 Å². The fourth-order valence-corrected chi connectivity index (χ4v) is 2.15. The van der Waals surface area contributed by atoms with Crippen LogP contribution in [-0.2, 0) is 11.2 Å². The second-order valence-corrected chi connectivity index (χ2v) is 4.34. The third kappa shape index (κ3) is 1.98. The summed E-state index contributed by atoms with van der Waals surface area (Å²) in [4.78, 5) is 17.1. The van der Waals surface area contributed by atoms with Crippen LogP contribution in [0.15, 0.2) is 12.3 Å². The van der Waals surface area contributed by atoms with Gasteiger partial charge in [0.2, 0.25) is 11.8 Å². The fraction of sp³-hybridized carbons (Fsp3) is 0.500. The van der Waals surface area contributed by atoms with E-state index in [0.717, 1.165) is 5.56 Å². The molecule has 0 saturated carbocycles. The van der Waals surface area contributed by atoms with Gasteiger partial charge in [-0.05, 0) is 12.0 Å². The van der Waals surface area contributed by atoms with Crippen molar-refractivity contribution in [1.82, 2.24) is 4.98 Å². The van der Waals surface area contributed by atoms with Crippen LogP contribution >= 0.6 is 0 Å². The number of rotatable bonds is 1. The van der Waals surface area contributed by atoms with Crippen LogP contribution in [-0.4, -0.2) is 29.3 Å². The molecular weight excluding hydrogens is 220 g/mol. The molecule has 1 unspecified atom stereocenters. The number of aliphatic hydroxyl groups is 1. The van der Waals surface area contributed by atoms with Crippen LogP contribution in [0.4, 0.5) is 5.69 Å². The first-order valence-corrected chi connectivity index (χ1v) is 5.55. The van der Waals surface area contributed by atoms with Gasteiger partial charge in [-0.2, -0.15) is 0 Å². The average Bonchev–Trinajstić information content (AvgIpc) is 2.29. The van der Waals surface area contributed by atoms with Crippen molar-refractivity contribution in [2.24, 2.45) is 5.92 Å². The molecule has 0 saturated heterocycles. The Labute approximate surface area is 100 Å². The molecular formula is C12H16N2O3.